The normalized spacial score (nSPS) is 18.9. The summed E-state index contributed by atoms with van der Waals surface area (Å²) in [5.74, 6) is 0. The summed E-state index contributed by atoms with van der Waals surface area (Å²) in [5.41, 5.74) is 0.550. The predicted molar refractivity (Wildman–Crippen MR) is 94.9 cm³/mol. The maximum Gasteiger partial charge on any atom is 0.00501 e. The lowest BCUT2D eigenvalue weighted by Crippen LogP contribution is -2.44. The zero-order valence-corrected chi connectivity index (χ0v) is 15.1. The topological polar surface area (TPSA) is 15.3 Å². The van der Waals surface area contributed by atoms with Gasteiger partial charge in [-0.15, -0.1) is 0 Å². The molecule has 0 aromatic carbocycles. The van der Waals surface area contributed by atoms with Gasteiger partial charge in [0, 0.05) is 13.1 Å². The summed E-state index contributed by atoms with van der Waals surface area (Å²) in [5, 5.41) is 3.68. The molecule has 0 radical (unpaired) electrons. The van der Waals surface area contributed by atoms with Gasteiger partial charge in [-0.3, -0.25) is 0 Å². The Hall–Kier alpha value is -0.0800. The third kappa shape index (κ3) is 7.65. The molecule has 0 aromatic heterocycles. The summed E-state index contributed by atoms with van der Waals surface area (Å²) in [7, 11) is 0. The van der Waals surface area contributed by atoms with Crippen LogP contribution < -0.4 is 5.32 Å². The van der Waals surface area contributed by atoms with Gasteiger partial charge >= 0.3 is 0 Å². The summed E-state index contributed by atoms with van der Waals surface area (Å²) in [6.45, 7) is 13.2. The van der Waals surface area contributed by atoms with Crippen LogP contribution in [0.3, 0.4) is 0 Å². The monoisotopic (exact) mass is 296 g/mol. The standard InChI is InChI=1S/C19H40N2/c1-4-7-15-21(16-8-5-2)18-19(17-20-6-3)13-11-9-10-12-14-19/h20H,4-18H2,1-3H3. The van der Waals surface area contributed by atoms with Crippen LogP contribution in [0.25, 0.3) is 0 Å². The van der Waals surface area contributed by atoms with Crippen LogP contribution in [-0.4, -0.2) is 37.6 Å². The molecule has 0 aromatic rings. The van der Waals surface area contributed by atoms with E-state index in [1.54, 1.807) is 0 Å². The summed E-state index contributed by atoms with van der Waals surface area (Å²) >= 11 is 0. The molecule has 126 valence electrons. The smallest absolute Gasteiger partial charge is 0.00501 e. The highest BCUT2D eigenvalue weighted by Gasteiger charge is 2.32. The SMILES string of the molecule is CCCCN(CCCC)CC1(CNCC)CCCCCC1. The molecule has 0 spiro atoms. The molecule has 2 heteroatoms. The van der Waals surface area contributed by atoms with Crippen molar-refractivity contribution >= 4 is 0 Å². The number of nitrogens with zero attached hydrogens (tertiary/aromatic N) is 1. The van der Waals surface area contributed by atoms with E-state index in [-0.39, 0.29) is 0 Å². The molecule has 1 fully saturated rings. The van der Waals surface area contributed by atoms with Crippen molar-refractivity contribution in [1.82, 2.24) is 10.2 Å². The second-order valence-corrected chi connectivity index (χ2v) is 7.18. The molecule has 1 N–H and O–H groups in total. The van der Waals surface area contributed by atoms with Gasteiger partial charge in [-0.1, -0.05) is 59.3 Å². The minimum Gasteiger partial charge on any atom is -0.316 e. The summed E-state index contributed by atoms with van der Waals surface area (Å²) in [6, 6.07) is 0. The Morgan fingerprint density at radius 2 is 1.43 bits per heavy atom. The average molecular weight is 297 g/mol. The zero-order chi connectivity index (χ0) is 15.4. The second kappa shape index (κ2) is 11.5. The summed E-state index contributed by atoms with van der Waals surface area (Å²) in [4.78, 5) is 2.79. The summed E-state index contributed by atoms with van der Waals surface area (Å²) < 4.78 is 0. The molecule has 0 atom stereocenters. The van der Waals surface area contributed by atoms with Gasteiger partial charge in [0.25, 0.3) is 0 Å². The molecule has 1 aliphatic carbocycles. The van der Waals surface area contributed by atoms with Crippen LogP contribution in [0.4, 0.5) is 0 Å². The lowest BCUT2D eigenvalue weighted by Gasteiger charge is -2.38. The number of rotatable bonds is 11. The van der Waals surface area contributed by atoms with Gasteiger partial charge in [0.05, 0.1) is 0 Å². The fourth-order valence-electron chi connectivity index (χ4n) is 3.77. The quantitative estimate of drug-likeness (QED) is 0.549. The van der Waals surface area contributed by atoms with E-state index in [9.17, 15) is 0 Å². The lowest BCUT2D eigenvalue weighted by atomic mass is 9.79. The second-order valence-electron chi connectivity index (χ2n) is 7.18. The first-order valence-corrected chi connectivity index (χ1v) is 9.69. The lowest BCUT2D eigenvalue weighted by molar-refractivity contribution is 0.124. The fraction of sp³-hybridized carbons (Fsp3) is 1.00. The van der Waals surface area contributed by atoms with E-state index in [2.05, 4.69) is 31.0 Å². The molecule has 1 saturated carbocycles. The van der Waals surface area contributed by atoms with Gasteiger partial charge in [-0.25, -0.2) is 0 Å². The molecule has 0 heterocycles. The molecule has 0 bridgehead atoms. The van der Waals surface area contributed by atoms with Crippen molar-refractivity contribution in [1.29, 1.82) is 0 Å². The van der Waals surface area contributed by atoms with Crippen LogP contribution in [0, 0.1) is 5.41 Å². The van der Waals surface area contributed by atoms with E-state index < -0.39 is 0 Å². The van der Waals surface area contributed by atoms with E-state index in [1.165, 1.54) is 90.4 Å². The number of unbranched alkanes of at least 4 members (excludes halogenated alkanes) is 2. The van der Waals surface area contributed by atoms with Gasteiger partial charge in [-0.05, 0) is 50.7 Å². The van der Waals surface area contributed by atoms with Crippen LogP contribution >= 0.6 is 0 Å². The van der Waals surface area contributed by atoms with Crippen LogP contribution in [0.1, 0.15) is 85.0 Å². The van der Waals surface area contributed by atoms with Gasteiger partial charge in [0.2, 0.25) is 0 Å². The van der Waals surface area contributed by atoms with Crippen LogP contribution in [0.2, 0.25) is 0 Å². The third-order valence-electron chi connectivity index (χ3n) is 5.13. The van der Waals surface area contributed by atoms with Crippen molar-refractivity contribution in [2.75, 3.05) is 32.7 Å². The Morgan fingerprint density at radius 3 is 1.90 bits per heavy atom. The molecule has 21 heavy (non-hydrogen) atoms. The number of nitrogens with one attached hydrogen (secondary N) is 1. The van der Waals surface area contributed by atoms with Crippen molar-refractivity contribution in [3.63, 3.8) is 0 Å². The minimum atomic E-state index is 0.550. The van der Waals surface area contributed by atoms with E-state index in [0.717, 1.165) is 6.54 Å². The first-order chi connectivity index (χ1) is 10.3. The molecule has 2 nitrogen and oxygen atoms in total. The molecule has 0 amide bonds. The van der Waals surface area contributed by atoms with Crippen molar-refractivity contribution in [3.8, 4) is 0 Å². The van der Waals surface area contributed by atoms with Crippen LogP contribution in [-0.2, 0) is 0 Å². The van der Waals surface area contributed by atoms with E-state index >= 15 is 0 Å². The minimum absolute atomic E-state index is 0.550. The Balaban J connectivity index is 2.64. The van der Waals surface area contributed by atoms with Gasteiger partial charge in [0.1, 0.15) is 0 Å². The zero-order valence-electron chi connectivity index (χ0n) is 15.1. The molecule has 0 saturated heterocycles. The maximum atomic E-state index is 3.68. The number of hydrogen-bond donors (Lipinski definition) is 1. The summed E-state index contributed by atoms with van der Waals surface area (Å²) in [6.07, 6.45) is 14.0. The van der Waals surface area contributed by atoms with E-state index in [0.29, 0.717) is 5.41 Å². The highest BCUT2D eigenvalue weighted by Crippen LogP contribution is 2.35. The molecule has 1 aliphatic rings. The van der Waals surface area contributed by atoms with E-state index in [1.807, 2.05) is 0 Å². The van der Waals surface area contributed by atoms with Gasteiger partial charge in [0.15, 0.2) is 0 Å². The van der Waals surface area contributed by atoms with Crippen molar-refractivity contribution < 1.29 is 0 Å². The van der Waals surface area contributed by atoms with Crippen LogP contribution in [0.15, 0.2) is 0 Å². The van der Waals surface area contributed by atoms with Crippen molar-refractivity contribution in [2.24, 2.45) is 5.41 Å². The average Bonchev–Trinajstić information content (AvgIpc) is 2.74. The molecule has 0 unspecified atom stereocenters. The molecular weight excluding hydrogens is 256 g/mol. The molecule has 0 aliphatic heterocycles. The van der Waals surface area contributed by atoms with Gasteiger partial charge < -0.3 is 10.2 Å². The highest BCUT2D eigenvalue weighted by molar-refractivity contribution is 4.87. The van der Waals surface area contributed by atoms with Crippen molar-refractivity contribution in [2.45, 2.75) is 85.0 Å². The third-order valence-corrected chi connectivity index (χ3v) is 5.13. The predicted octanol–water partition coefficient (Wildman–Crippen LogP) is 4.84. The maximum absolute atomic E-state index is 3.68. The van der Waals surface area contributed by atoms with Crippen molar-refractivity contribution in [3.05, 3.63) is 0 Å². The molecular formula is C19H40N2. The Morgan fingerprint density at radius 1 is 0.857 bits per heavy atom. The largest absolute Gasteiger partial charge is 0.316 e. The number of hydrogen-bond acceptors (Lipinski definition) is 2. The Labute approximate surface area is 134 Å². The van der Waals surface area contributed by atoms with E-state index in [4.69, 9.17) is 0 Å². The highest BCUT2D eigenvalue weighted by atomic mass is 15.1. The fourth-order valence-corrected chi connectivity index (χ4v) is 3.77. The first-order valence-electron chi connectivity index (χ1n) is 9.69. The Bertz CT molecular complexity index is 224. The van der Waals surface area contributed by atoms with Crippen LogP contribution in [0.5, 0.6) is 0 Å². The van der Waals surface area contributed by atoms with Gasteiger partial charge in [-0.2, -0.15) is 0 Å². The molecule has 1 rings (SSSR count). The Kier molecular flexibility index (Phi) is 10.4. The first kappa shape index (κ1) is 19.0.